The van der Waals surface area contributed by atoms with Gasteiger partial charge in [-0.15, -0.1) is 0 Å². The van der Waals surface area contributed by atoms with Crippen molar-refractivity contribution < 1.29 is 14.0 Å². The molecule has 3 aromatic rings. The molecule has 1 aliphatic heterocycles. The average molecular weight is 418 g/mol. The van der Waals surface area contributed by atoms with Crippen LogP contribution in [0.5, 0.6) is 0 Å². The third-order valence-corrected chi connectivity index (χ3v) is 5.99. The lowest BCUT2D eigenvalue weighted by molar-refractivity contribution is -0.117. The molecule has 1 saturated heterocycles. The Kier molecular flexibility index (Phi) is 4.81. The van der Waals surface area contributed by atoms with Crippen LogP contribution in [0.1, 0.15) is 46.6 Å². The molecule has 0 radical (unpaired) electrons. The number of aromatic nitrogens is 2. The van der Waals surface area contributed by atoms with E-state index < -0.39 is 5.82 Å². The minimum Gasteiger partial charge on any atom is -0.320 e. The van der Waals surface area contributed by atoms with E-state index in [0.717, 1.165) is 48.2 Å². The van der Waals surface area contributed by atoms with Gasteiger partial charge in [0.2, 0.25) is 5.91 Å². The summed E-state index contributed by atoms with van der Waals surface area (Å²) in [6.07, 6.45) is 3.82. The number of nitrogens with zero attached hydrogens (tertiary/aromatic N) is 3. The molecule has 158 valence electrons. The predicted molar refractivity (Wildman–Crippen MR) is 116 cm³/mol. The molecule has 1 aromatic heterocycles. The number of hydrogen-bond donors (Lipinski definition) is 1. The fraction of sp³-hybridized carbons (Fsp3) is 0.292. The van der Waals surface area contributed by atoms with Crippen molar-refractivity contribution in [1.82, 2.24) is 9.78 Å². The molecule has 1 N–H and O–H groups in total. The van der Waals surface area contributed by atoms with Crippen LogP contribution in [0.15, 0.2) is 42.5 Å². The molecule has 0 bridgehead atoms. The summed E-state index contributed by atoms with van der Waals surface area (Å²) < 4.78 is 16.5. The highest BCUT2D eigenvalue weighted by atomic mass is 19.1. The smallest absolute Gasteiger partial charge is 0.276 e. The van der Waals surface area contributed by atoms with E-state index in [9.17, 15) is 14.0 Å². The molecule has 31 heavy (non-hydrogen) atoms. The highest BCUT2D eigenvalue weighted by Crippen LogP contribution is 2.30. The standard InChI is InChI=1S/C24H23FN4O2/c1-15-7-10-17(11-8-15)29-20-5-2-4-18(20)23(27-29)24(31)26-16-9-12-21(19(25)14-16)28-13-3-6-22(28)30/h7-12,14H,2-6,13H2,1H3,(H,26,31). The summed E-state index contributed by atoms with van der Waals surface area (Å²) in [5, 5.41) is 7.37. The number of aryl methyl sites for hydroxylation is 1. The number of benzene rings is 2. The largest absolute Gasteiger partial charge is 0.320 e. The summed E-state index contributed by atoms with van der Waals surface area (Å²) in [5.41, 5.74) is 5.08. The molecule has 5 rings (SSSR count). The zero-order valence-electron chi connectivity index (χ0n) is 17.3. The summed E-state index contributed by atoms with van der Waals surface area (Å²) in [5.74, 6) is -0.954. The van der Waals surface area contributed by atoms with Crippen LogP contribution in [0, 0.1) is 12.7 Å². The Balaban J connectivity index is 1.41. The van der Waals surface area contributed by atoms with Crippen molar-refractivity contribution in [1.29, 1.82) is 0 Å². The van der Waals surface area contributed by atoms with Crippen LogP contribution in [-0.4, -0.2) is 28.1 Å². The second-order valence-corrected chi connectivity index (χ2v) is 8.14. The van der Waals surface area contributed by atoms with Crippen molar-refractivity contribution in [3.8, 4) is 5.69 Å². The number of anilines is 2. The molecule has 1 fully saturated rings. The molecule has 2 aliphatic rings. The lowest BCUT2D eigenvalue weighted by Gasteiger charge is -2.17. The van der Waals surface area contributed by atoms with Crippen molar-refractivity contribution >= 4 is 23.2 Å². The van der Waals surface area contributed by atoms with Gasteiger partial charge in [0.25, 0.3) is 5.91 Å². The van der Waals surface area contributed by atoms with Gasteiger partial charge in [-0.05, 0) is 62.9 Å². The van der Waals surface area contributed by atoms with Crippen LogP contribution in [0.2, 0.25) is 0 Å². The summed E-state index contributed by atoms with van der Waals surface area (Å²) in [6.45, 7) is 2.55. The molecule has 2 aromatic carbocycles. The van der Waals surface area contributed by atoms with Gasteiger partial charge < -0.3 is 10.2 Å². The SMILES string of the molecule is Cc1ccc(-n2nc(C(=O)Nc3ccc(N4CCCC4=O)c(F)c3)c3c2CCC3)cc1. The molecule has 2 heterocycles. The Bertz CT molecular complexity index is 1180. The van der Waals surface area contributed by atoms with E-state index in [1.165, 1.54) is 11.0 Å². The Morgan fingerprint density at radius 2 is 1.87 bits per heavy atom. The Morgan fingerprint density at radius 3 is 2.58 bits per heavy atom. The molecule has 2 amide bonds. The first kappa shape index (κ1) is 19.5. The van der Waals surface area contributed by atoms with E-state index in [4.69, 9.17) is 0 Å². The molecular weight excluding hydrogens is 395 g/mol. The van der Waals surface area contributed by atoms with Gasteiger partial charge in [-0.3, -0.25) is 9.59 Å². The molecular formula is C24H23FN4O2. The topological polar surface area (TPSA) is 67.2 Å². The number of fused-ring (bicyclic) bond motifs is 1. The van der Waals surface area contributed by atoms with Gasteiger partial charge in [-0.1, -0.05) is 17.7 Å². The van der Waals surface area contributed by atoms with E-state index in [0.29, 0.717) is 24.3 Å². The van der Waals surface area contributed by atoms with Crippen LogP contribution in [-0.2, 0) is 17.6 Å². The Hall–Kier alpha value is -3.48. The van der Waals surface area contributed by atoms with Crippen LogP contribution >= 0.6 is 0 Å². The molecule has 0 atom stereocenters. The molecule has 6 nitrogen and oxygen atoms in total. The number of carbonyl (C=O) groups is 2. The first-order valence-electron chi connectivity index (χ1n) is 10.6. The van der Waals surface area contributed by atoms with E-state index >= 15 is 0 Å². The van der Waals surface area contributed by atoms with Crippen molar-refractivity contribution in [3.63, 3.8) is 0 Å². The molecule has 0 spiro atoms. The summed E-state index contributed by atoms with van der Waals surface area (Å²) in [6, 6.07) is 12.5. The van der Waals surface area contributed by atoms with Crippen molar-refractivity contribution in [2.75, 3.05) is 16.8 Å². The van der Waals surface area contributed by atoms with Gasteiger partial charge in [-0.2, -0.15) is 5.10 Å². The summed E-state index contributed by atoms with van der Waals surface area (Å²) in [4.78, 5) is 26.4. The van der Waals surface area contributed by atoms with E-state index in [1.807, 2.05) is 35.9 Å². The molecule has 7 heteroatoms. The molecule has 1 aliphatic carbocycles. The maximum atomic E-state index is 14.6. The van der Waals surface area contributed by atoms with Gasteiger partial charge >= 0.3 is 0 Å². The van der Waals surface area contributed by atoms with E-state index in [-0.39, 0.29) is 17.5 Å². The van der Waals surface area contributed by atoms with Gasteiger partial charge in [0.1, 0.15) is 5.82 Å². The predicted octanol–water partition coefficient (Wildman–Crippen LogP) is 4.19. The van der Waals surface area contributed by atoms with Crippen LogP contribution in [0.4, 0.5) is 15.8 Å². The number of hydrogen-bond acceptors (Lipinski definition) is 3. The fourth-order valence-electron chi connectivity index (χ4n) is 4.42. The zero-order valence-corrected chi connectivity index (χ0v) is 17.3. The maximum Gasteiger partial charge on any atom is 0.276 e. The first-order valence-corrected chi connectivity index (χ1v) is 10.6. The van der Waals surface area contributed by atoms with Crippen LogP contribution in [0.3, 0.4) is 0 Å². The van der Waals surface area contributed by atoms with Crippen molar-refractivity contribution in [2.24, 2.45) is 0 Å². The Morgan fingerprint density at radius 1 is 1.06 bits per heavy atom. The van der Waals surface area contributed by atoms with Gasteiger partial charge in [0.05, 0.1) is 11.4 Å². The molecule has 0 saturated carbocycles. The molecule has 0 unspecified atom stereocenters. The van der Waals surface area contributed by atoms with Gasteiger partial charge in [-0.25, -0.2) is 9.07 Å². The number of carbonyl (C=O) groups excluding carboxylic acids is 2. The number of amides is 2. The van der Waals surface area contributed by atoms with E-state index in [2.05, 4.69) is 10.4 Å². The van der Waals surface area contributed by atoms with Crippen molar-refractivity contribution in [2.45, 2.75) is 39.0 Å². The number of rotatable bonds is 4. The third kappa shape index (κ3) is 3.50. The highest BCUT2D eigenvalue weighted by molar-refractivity contribution is 6.04. The minimum absolute atomic E-state index is 0.0760. The van der Waals surface area contributed by atoms with Crippen LogP contribution in [0.25, 0.3) is 5.69 Å². The highest BCUT2D eigenvalue weighted by Gasteiger charge is 2.28. The lowest BCUT2D eigenvalue weighted by atomic mass is 10.2. The second-order valence-electron chi connectivity index (χ2n) is 8.14. The third-order valence-electron chi connectivity index (χ3n) is 5.99. The van der Waals surface area contributed by atoms with Gasteiger partial charge in [0, 0.05) is 29.9 Å². The number of nitrogens with one attached hydrogen (secondary N) is 1. The van der Waals surface area contributed by atoms with Crippen molar-refractivity contribution in [3.05, 3.63) is 70.8 Å². The summed E-state index contributed by atoms with van der Waals surface area (Å²) in [7, 11) is 0. The monoisotopic (exact) mass is 418 g/mol. The lowest BCUT2D eigenvalue weighted by Crippen LogP contribution is -2.24. The van der Waals surface area contributed by atoms with Crippen LogP contribution < -0.4 is 10.2 Å². The second kappa shape index (κ2) is 7.65. The normalized spacial score (nSPS) is 15.4. The fourth-order valence-corrected chi connectivity index (χ4v) is 4.42. The zero-order chi connectivity index (χ0) is 21.5. The number of halogens is 1. The average Bonchev–Trinajstić information content (AvgIpc) is 3.46. The summed E-state index contributed by atoms with van der Waals surface area (Å²) >= 11 is 0. The van der Waals surface area contributed by atoms with Gasteiger partial charge in [0.15, 0.2) is 5.69 Å². The van der Waals surface area contributed by atoms with E-state index in [1.54, 1.807) is 12.1 Å². The first-order chi connectivity index (χ1) is 15.0. The Labute approximate surface area is 179 Å². The maximum absolute atomic E-state index is 14.6. The quantitative estimate of drug-likeness (QED) is 0.691. The minimum atomic E-state index is -0.525.